The van der Waals surface area contributed by atoms with Crippen LogP contribution >= 0.6 is 0 Å². The number of nitrogens with zero attached hydrogens (tertiary/aromatic N) is 6. The summed E-state index contributed by atoms with van der Waals surface area (Å²) in [5.41, 5.74) is 1.80. The molecular weight excluding hydrogens is 470 g/mol. The first-order chi connectivity index (χ1) is 17.7. The molecule has 37 heavy (non-hydrogen) atoms. The number of aryl methyl sites for hydroxylation is 1. The number of β-lactam (4-membered cyclic amide) rings is 1. The number of rotatable bonds is 8. The summed E-state index contributed by atoms with van der Waals surface area (Å²) in [6.07, 6.45) is 4.37. The van der Waals surface area contributed by atoms with Crippen molar-refractivity contribution in [2.24, 2.45) is 13.0 Å². The summed E-state index contributed by atoms with van der Waals surface area (Å²) < 4.78 is 1.60. The number of pyridine rings is 1. The van der Waals surface area contributed by atoms with E-state index in [1.807, 2.05) is 68.4 Å². The molecule has 0 aliphatic carbocycles. The molecule has 1 fully saturated rings. The molecular formula is C27H33N7O3. The monoisotopic (exact) mass is 503 g/mol. The van der Waals surface area contributed by atoms with Crippen molar-refractivity contribution >= 4 is 29.5 Å². The van der Waals surface area contributed by atoms with Crippen molar-refractivity contribution in [1.82, 2.24) is 25.0 Å². The van der Waals surface area contributed by atoms with Gasteiger partial charge in [0.15, 0.2) is 5.82 Å². The molecule has 1 aliphatic rings. The lowest BCUT2D eigenvalue weighted by atomic mass is 9.81. The summed E-state index contributed by atoms with van der Waals surface area (Å²) in [5, 5.41) is 7.26. The molecule has 4 amide bonds. The quantitative estimate of drug-likeness (QED) is 0.474. The molecule has 2 aromatic heterocycles. The van der Waals surface area contributed by atoms with Crippen molar-refractivity contribution in [1.29, 1.82) is 0 Å². The largest absolute Gasteiger partial charge is 0.363 e. The fraction of sp³-hybridized carbons (Fsp3) is 0.370. The minimum absolute atomic E-state index is 0.285. The Kier molecular flexibility index (Phi) is 7.56. The van der Waals surface area contributed by atoms with Gasteiger partial charge in [-0.05, 0) is 36.1 Å². The number of hydrogen-bond donors (Lipinski definition) is 1. The highest BCUT2D eigenvalue weighted by molar-refractivity contribution is 6.12. The average molecular weight is 504 g/mol. The maximum absolute atomic E-state index is 13.7. The normalized spacial score (nSPS) is 17.6. The van der Waals surface area contributed by atoms with E-state index < -0.39 is 18.0 Å². The number of aromatic nitrogens is 3. The van der Waals surface area contributed by atoms with Crippen LogP contribution in [0.1, 0.15) is 30.5 Å². The van der Waals surface area contributed by atoms with Crippen LogP contribution in [0.2, 0.25) is 0 Å². The molecule has 10 nitrogen and oxygen atoms in total. The van der Waals surface area contributed by atoms with Gasteiger partial charge in [0.05, 0.1) is 12.0 Å². The van der Waals surface area contributed by atoms with Crippen molar-refractivity contribution in [3.63, 3.8) is 0 Å². The van der Waals surface area contributed by atoms with Gasteiger partial charge in [0, 0.05) is 46.7 Å². The van der Waals surface area contributed by atoms with E-state index in [1.165, 1.54) is 4.90 Å². The number of urea groups is 1. The van der Waals surface area contributed by atoms with Gasteiger partial charge in [0.25, 0.3) is 5.91 Å². The van der Waals surface area contributed by atoms with E-state index in [0.717, 1.165) is 21.8 Å². The fourth-order valence-electron chi connectivity index (χ4n) is 4.56. The molecule has 3 heterocycles. The third-order valence-electron chi connectivity index (χ3n) is 6.69. The Hall–Kier alpha value is -4.21. The third-order valence-corrected chi connectivity index (χ3v) is 6.69. The highest BCUT2D eigenvalue weighted by atomic mass is 16.2. The number of amides is 4. The summed E-state index contributed by atoms with van der Waals surface area (Å²) in [7, 11) is 7.14. The molecule has 1 aromatic carbocycles. The molecule has 3 atom stereocenters. The Morgan fingerprint density at radius 1 is 1.08 bits per heavy atom. The predicted octanol–water partition coefficient (Wildman–Crippen LogP) is 2.77. The topological polar surface area (TPSA) is 104 Å². The van der Waals surface area contributed by atoms with E-state index >= 15 is 0 Å². The maximum atomic E-state index is 13.7. The first-order valence-electron chi connectivity index (χ1n) is 12.3. The average Bonchev–Trinajstić information content (AvgIpc) is 3.34. The molecule has 194 valence electrons. The van der Waals surface area contributed by atoms with Crippen LogP contribution in [0.5, 0.6) is 0 Å². The molecule has 4 rings (SSSR count). The highest BCUT2D eigenvalue weighted by Gasteiger charge is 2.55. The molecule has 0 saturated carbocycles. The van der Waals surface area contributed by atoms with Crippen molar-refractivity contribution in [2.75, 3.05) is 30.9 Å². The SMILES string of the molecule is CC[C@@H](NC(=O)N1C(=O)[C@H](Cc2ccnc(N(C)C)c2)[C@H]1C(=O)N(C)c1ccn(C)n1)c1ccccc1. The first kappa shape index (κ1) is 25.9. The number of imide groups is 1. The number of nitrogens with one attached hydrogen (secondary N) is 1. The molecule has 0 unspecified atom stereocenters. The molecule has 3 aromatic rings. The number of benzene rings is 1. The number of carbonyl (C=O) groups excluding carboxylic acids is 3. The van der Waals surface area contributed by atoms with Crippen LogP contribution in [-0.2, 0) is 23.1 Å². The lowest BCUT2D eigenvalue weighted by Crippen LogP contribution is -2.70. The van der Waals surface area contributed by atoms with Crippen LogP contribution in [0.3, 0.4) is 0 Å². The second-order valence-electron chi connectivity index (χ2n) is 9.45. The molecule has 1 saturated heterocycles. The van der Waals surface area contributed by atoms with Gasteiger partial charge >= 0.3 is 6.03 Å². The van der Waals surface area contributed by atoms with Gasteiger partial charge in [0.2, 0.25) is 5.91 Å². The van der Waals surface area contributed by atoms with Crippen molar-refractivity contribution in [3.05, 3.63) is 72.1 Å². The zero-order valence-corrected chi connectivity index (χ0v) is 21.8. The Bertz CT molecular complexity index is 1270. The van der Waals surface area contributed by atoms with Crippen LogP contribution in [0.4, 0.5) is 16.4 Å². The van der Waals surface area contributed by atoms with Crippen LogP contribution in [-0.4, -0.2) is 64.7 Å². The second kappa shape index (κ2) is 10.8. The zero-order chi connectivity index (χ0) is 26.7. The smallest absolute Gasteiger partial charge is 0.325 e. The van der Waals surface area contributed by atoms with Gasteiger partial charge in [-0.25, -0.2) is 9.78 Å². The van der Waals surface area contributed by atoms with Gasteiger partial charge in [-0.15, -0.1) is 0 Å². The van der Waals surface area contributed by atoms with E-state index in [-0.39, 0.29) is 17.9 Å². The standard InChI is InChI=1S/C27H33N7O3/c1-6-21(19-10-8-7-9-11-19)29-27(37)34-24(26(36)33(5)22-13-15-32(4)30-22)20(25(34)35)16-18-12-14-28-23(17-18)31(2)3/h7-15,17,20-21,24H,6,16H2,1-5H3,(H,29,37)/t20-,21-,24+/m1/s1. The van der Waals surface area contributed by atoms with Crippen molar-refractivity contribution in [3.8, 4) is 0 Å². The van der Waals surface area contributed by atoms with E-state index in [1.54, 1.807) is 37.2 Å². The Morgan fingerprint density at radius 2 is 1.81 bits per heavy atom. The van der Waals surface area contributed by atoms with Crippen molar-refractivity contribution < 1.29 is 14.4 Å². The summed E-state index contributed by atoms with van der Waals surface area (Å²) >= 11 is 0. The molecule has 10 heteroatoms. The van der Waals surface area contributed by atoms with Gasteiger partial charge in [-0.2, -0.15) is 5.10 Å². The van der Waals surface area contributed by atoms with Crippen molar-refractivity contribution in [2.45, 2.75) is 31.8 Å². The summed E-state index contributed by atoms with van der Waals surface area (Å²) in [4.78, 5) is 49.1. The third kappa shape index (κ3) is 5.32. The van der Waals surface area contributed by atoms with E-state index in [2.05, 4.69) is 15.4 Å². The zero-order valence-electron chi connectivity index (χ0n) is 21.8. The maximum Gasteiger partial charge on any atom is 0.325 e. The summed E-state index contributed by atoms with van der Waals surface area (Å²) in [6, 6.07) is 13.2. The lowest BCUT2D eigenvalue weighted by molar-refractivity contribution is -0.156. The molecule has 1 N–H and O–H groups in total. The van der Waals surface area contributed by atoms with Gasteiger partial charge in [-0.1, -0.05) is 37.3 Å². The number of hydrogen-bond acceptors (Lipinski definition) is 6. The second-order valence-corrected chi connectivity index (χ2v) is 9.45. The first-order valence-corrected chi connectivity index (χ1v) is 12.3. The van der Waals surface area contributed by atoms with Crippen LogP contribution in [0, 0.1) is 5.92 Å². The van der Waals surface area contributed by atoms with E-state index in [0.29, 0.717) is 18.7 Å². The summed E-state index contributed by atoms with van der Waals surface area (Å²) in [5.74, 6) is -0.232. The Labute approximate surface area is 216 Å². The number of likely N-dealkylation sites (tertiary alicyclic amines) is 1. The minimum Gasteiger partial charge on any atom is -0.363 e. The fourth-order valence-corrected chi connectivity index (χ4v) is 4.56. The summed E-state index contributed by atoms with van der Waals surface area (Å²) in [6.45, 7) is 1.96. The van der Waals surface area contributed by atoms with Gasteiger partial charge in [0.1, 0.15) is 11.9 Å². The van der Waals surface area contributed by atoms with E-state index in [4.69, 9.17) is 0 Å². The molecule has 0 bridgehead atoms. The number of anilines is 2. The van der Waals surface area contributed by atoms with E-state index in [9.17, 15) is 14.4 Å². The number of likely N-dealkylation sites (N-methyl/N-ethyl adjacent to an activating group) is 1. The Balaban J connectivity index is 1.60. The molecule has 1 aliphatic heterocycles. The lowest BCUT2D eigenvalue weighted by Gasteiger charge is -2.45. The van der Waals surface area contributed by atoms with Crippen LogP contribution in [0.15, 0.2) is 60.9 Å². The van der Waals surface area contributed by atoms with Crippen LogP contribution in [0.25, 0.3) is 0 Å². The Morgan fingerprint density at radius 3 is 2.43 bits per heavy atom. The highest BCUT2D eigenvalue weighted by Crippen LogP contribution is 2.33. The van der Waals surface area contributed by atoms with Gasteiger partial charge in [-0.3, -0.25) is 24.1 Å². The van der Waals surface area contributed by atoms with Crippen LogP contribution < -0.4 is 15.1 Å². The molecule has 0 radical (unpaired) electrons. The number of carbonyl (C=O) groups is 3. The van der Waals surface area contributed by atoms with Gasteiger partial charge < -0.3 is 10.2 Å². The minimum atomic E-state index is -0.955. The molecule has 0 spiro atoms. The predicted molar refractivity (Wildman–Crippen MR) is 141 cm³/mol.